The summed E-state index contributed by atoms with van der Waals surface area (Å²) in [5.41, 5.74) is 15.7. The normalized spacial score (nSPS) is 16.3. The van der Waals surface area contributed by atoms with Crippen LogP contribution in [0, 0.1) is 0 Å². The van der Waals surface area contributed by atoms with E-state index in [-0.39, 0.29) is 0 Å². The molecule has 1 aliphatic heterocycles. The van der Waals surface area contributed by atoms with E-state index in [0.29, 0.717) is 0 Å². The van der Waals surface area contributed by atoms with Crippen molar-refractivity contribution in [3.05, 3.63) is 180 Å². The zero-order chi connectivity index (χ0) is 30.0. The van der Waals surface area contributed by atoms with Gasteiger partial charge in [-0.05, 0) is 89.0 Å². The Bertz CT molecular complexity index is 2610. The molecule has 0 N–H and O–H groups in total. The monoisotopic (exact) mass is 598 g/mol. The third-order valence-electron chi connectivity index (χ3n) is 10.7. The molecule has 8 aromatic carbocycles. The second-order valence-corrected chi connectivity index (χ2v) is 13.8. The standard InChI is InChI=1S/C45H26S/c1-3-22-36-29(15-1)30-17-5-11-27-13-7-24-38(41(27)30)45(36)37-23-4-2-16-35(37)43-32(19-10-25-39(43)45)34-21-9-20-33-31-18-6-12-28-14-8-26-40(42(28)31)46-44(33)34/h1-26H. The largest absolute Gasteiger partial charge is 0.0881 e. The van der Waals surface area contributed by atoms with Crippen molar-refractivity contribution < 1.29 is 0 Å². The molecule has 3 aliphatic rings. The van der Waals surface area contributed by atoms with Crippen molar-refractivity contribution >= 4 is 33.3 Å². The number of rotatable bonds is 1. The molecule has 1 unspecified atom stereocenters. The highest BCUT2D eigenvalue weighted by molar-refractivity contribution is 8.00. The highest BCUT2D eigenvalue weighted by atomic mass is 32.2. The van der Waals surface area contributed by atoms with E-state index in [1.165, 1.54) is 98.1 Å². The first-order valence-corrected chi connectivity index (χ1v) is 16.8. The fraction of sp³-hybridized carbons (Fsp3) is 0.0222. The Morgan fingerprint density at radius 2 is 0.804 bits per heavy atom. The van der Waals surface area contributed by atoms with Crippen LogP contribution in [0.15, 0.2) is 168 Å². The van der Waals surface area contributed by atoms with Gasteiger partial charge in [-0.2, -0.15) is 0 Å². The number of hydrogen-bond donors (Lipinski definition) is 0. The minimum Gasteiger partial charge on any atom is -0.0881 e. The van der Waals surface area contributed by atoms with Crippen LogP contribution >= 0.6 is 11.8 Å². The molecule has 0 aromatic heterocycles. The average molecular weight is 599 g/mol. The van der Waals surface area contributed by atoms with E-state index < -0.39 is 5.41 Å². The third kappa shape index (κ3) is 2.93. The summed E-state index contributed by atoms with van der Waals surface area (Å²) in [6, 6.07) is 59.4. The summed E-state index contributed by atoms with van der Waals surface area (Å²) in [6.07, 6.45) is 0. The van der Waals surface area contributed by atoms with Crippen LogP contribution in [-0.2, 0) is 5.41 Å². The molecule has 1 atom stereocenters. The summed E-state index contributed by atoms with van der Waals surface area (Å²) in [7, 11) is 0. The fourth-order valence-electron chi connectivity index (χ4n) is 9.00. The molecule has 0 saturated carbocycles. The van der Waals surface area contributed by atoms with Gasteiger partial charge in [0.1, 0.15) is 0 Å². The Morgan fingerprint density at radius 3 is 1.61 bits per heavy atom. The molecule has 212 valence electrons. The van der Waals surface area contributed by atoms with E-state index in [0.717, 1.165) is 0 Å². The molecule has 0 nitrogen and oxygen atoms in total. The Morgan fingerprint density at radius 1 is 0.326 bits per heavy atom. The highest BCUT2D eigenvalue weighted by Gasteiger charge is 2.50. The Labute approximate surface area is 272 Å². The van der Waals surface area contributed by atoms with Crippen LogP contribution in [0.3, 0.4) is 0 Å². The van der Waals surface area contributed by atoms with Crippen LogP contribution in [0.25, 0.3) is 66.1 Å². The van der Waals surface area contributed by atoms with E-state index in [1.54, 1.807) is 0 Å². The molecule has 0 radical (unpaired) electrons. The molecular weight excluding hydrogens is 573 g/mol. The van der Waals surface area contributed by atoms with Crippen LogP contribution in [0.2, 0.25) is 0 Å². The van der Waals surface area contributed by atoms with Gasteiger partial charge < -0.3 is 0 Å². The van der Waals surface area contributed by atoms with E-state index in [1.807, 2.05) is 11.8 Å². The zero-order valence-electron chi connectivity index (χ0n) is 24.9. The van der Waals surface area contributed by atoms with Crippen molar-refractivity contribution in [2.24, 2.45) is 0 Å². The Kier molecular flexibility index (Phi) is 4.80. The van der Waals surface area contributed by atoms with Gasteiger partial charge in [0, 0.05) is 15.2 Å². The number of hydrogen-bond acceptors (Lipinski definition) is 1. The molecule has 0 fully saturated rings. The molecule has 1 heterocycles. The van der Waals surface area contributed by atoms with Gasteiger partial charge in [0.05, 0.1) is 5.41 Å². The minimum absolute atomic E-state index is 0.410. The highest BCUT2D eigenvalue weighted by Crippen LogP contribution is 2.63. The predicted molar refractivity (Wildman–Crippen MR) is 193 cm³/mol. The van der Waals surface area contributed by atoms with Crippen LogP contribution in [-0.4, -0.2) is 0 Å². The van der Waals surface area contributed by atoms with Crippen LogP contribution in [0.5, 0.6) is 0 Å². The number of fused-ring (bicyclic) bond motifs is 11. The van der Waals surface area contributed by atoms with Crippen LogP contribution in [0.1, 0.15) is 22.3 Å². The molecule has 0 bridgehead atoms. The smallest absolute Gasteiger partial charge is 0.0725 e. The lowest BCUT2D eigenvalue weighted by atomic mass is 9.61. The lowest BCUT2D eigenvalue weighted by Gasteiger charge is -2.40. The lowest BCUT2D eigenvalue weighted by molar-refractivity contribution is 0.773. The van der Waals surface area contributed by atoms with Crippen molar-refractivity contribution in [1.29, 1.82) is 0 Å². The van der Waals surface area contributed by atoms with Gasteiger partial charge in [0.25, 0.3) is 0 Å². The molecule has 0 saturated heterocycles. The van der Waals surface area contributed by atoms with Crippen LogP contribution in [0.4, 0.5) is 0 Å². The van der Waals surface area contributed by atoms with Gasteiger partial charge >= 0.3 is 0 Å². The van der Waals surface area contributed by atoms with E-state index in [9.17, 15) is 0 Å². The first-order chi connectivity index (χ1) is 22.8. The molecular formula is C45H26S. The minimum atomic E-state index is -0.410. The molecule has 8 aromatic rings. The zero-order valence-corrected chi connectivity index (χ0v) is 25.7. The number of benzene rings is 8. The van der Waals surface area contributed by atoms with E-state index >= 15 is 0 Å². The van der Waals surface area contributed by atoms with Gasteiger partial charge in [0.15, 0.2) is 0 Å². The topological polar surface area (TPSA) is 0 Å². The first kappa shape index (κ1) is 24.9. The van der Waals surface area contributed by atoms with Crippen molar-refractivity contribution in [3.63, 3.8) is 0 Å². The van der Waals surface area contributed by atoms with Gasteiger partial charge in [-0.1, -0.05) is 163 Å². The summed E-state index contributed by atoms with van der Waals surface area (Å²) < 4.78 is 0. The van der Waals surface area contributed by atoms with Gasteiger partial charge in [-0.15, -0.1) is 0 Å². The van der Waals surface area contributed by atoms with Crippen molar-refractivity contribution in [3.8, 4) is 44.5 Å². The molecule has 2 aliphatic carbocycles. The van der Waals surface area contributed by atoms with Gasteiger partial charge in [-0.25, -0.2) is 0 Å². The Balaban J connectivity index is 1.27. The molecule has 11 rings (SSSR count). The summed E-state index contributed by atoms with van der Waals surface area (Å²) in [5.74, 6) is 0. The molecule has 46 heavy (non-hydrogen) atoms. The summed E-state index contributed by atoms with van der Waals surface area (Å²) in [6.45, 7) is 0. The second kappa shape index (κ2) is 8.88. The Hall–Kier alpha value is -5.37. The average Bonchev–Trinajstić information content (AvgIpc) is 3.42. The quantitative estimate of drug-likeness (QED) is 0.181. The molecule has 1 heteroatoms. The lowest BCUT2D eigenvalue weighted by Crippen LogP contribution is -2.31. The fourth-order valence-corrected chi connectivity index (χ4v) is 10.3. The summed E-state index contributed by atoms with van der Waals surface area (Å²) >= 11 is 1.93. The van der Waals surface area contributed by atoms with Crippen molar-refractivity contribution in [1.82, 2.24) is 0 Å². The maximum atomic E-state index is 2.40. The predicted octanol–water partition coefficient (Wildman–Crippen LogP) is 12.1. The second-order valence-electron chi connectivity index (χ2n) is 12.7. The summed E-state index contributed by atoms with van der Waals surface area (Å²) in [4.78, 5) is 2.68. The van der Waals surface area contributed by atoms with E-state index in [4.69, 9.17) is 0 Å². The van der Waals surface area contributed by atoms with Gasteiger partial charge in [0.2, 0.25) is 0 Å². The third-order valence-corrected chi connectivity index (χ3v) is 11.9. The molecule has 0 amide bonds. The van der Waals surface area contributed by atoms with Crippen molar-refractivity contribution in [2.45, 2.75) is 15.2 Å². The van der Waals surface area contributed by atoms with Crippen molar-refractivity contribution in [2.75, 3.05) is 0 Å². The van der Waals surface area contributed by atoms with E-state index in [2.05, 4.69) is 158 Å². The SMILES string of the molecule is c1ccc2c(c1)-c1c(-c3cccc4c3Sc3cccc5cccc-4c35)cccc1C21c2ccccc2-c2cccc3cccc1c23. The maximum absolute atomic E-state index is 2.40. The van der Waals surface area contributed by atoms with Gasteiger partial charge in [-0.3, -0.25) is 0 Å². The first-order valence-electron chi connectivity index (χ1n) is 16.0. The van der Waals surface area contributed by atoms with Crippen LogP contribution < -0.4 is 0 Å². The summed E-state index contributed by atoms with van der Waals surface area (Å²) in [5, 5.41) is 5.34. The maximum Gasteiger partial charge on any atom is 0.0725 e. The molecule has 1 spiro atoms.